The van der Waals surface area contributed by atoms with Gasteiger partial charge in [-0.3, -0.25) is 9.48 Å². The molecule has 134 valence electrons. The molecule has 0 saturated carbocycles. The normalized spacial score (nSPS) is 20.4. The highest BCUT2D eigenvalue weighted by atomic mass is 16.2. The molecule has 3 rings (SSSR count). The summed E-state index contributed by atoms with van der Waals surface area (Å²) in [6, 6.07) is 12.3. The average molecular weight is 340 g/mol. The van der Waals surface area contributed by atoms with Gasteiger partial charge in [0, 0.05) is 25.6 Å². The van der Waals surface area contributed by atoms with E-state index < -0.39 is 0 Å². The first-order valence-electron chi connectivity index (χ1n) is 9.17. The van der Waals surface area contributed by atoms with Crippen LogP contribution in [0.15, 0.2) is 36.4 Å². The molecule has 0 unspecified atom stereocenters. The Morgan fingerprint density at radius 1 is 1.28 bits per heavy atom. The van der Waals surface area contributed by atoms with Crippen molar-refractivity contribution in [1.82, 2.24) is 14.7 Å². The highest BCUT2D eigenvalue weighted by molar-refractivity contribution is 5.93. The second-order valence-electron chi connectivity index (χ2n) is 7.15. The molecular weight excluding hydrogens is 312 g/mol. The van der Waals surface area contributed by atoms with Gasteiger partial charge in [0.05, 0.1) is 5.69 Å². The molecule has 0 spiro atoms. The topological polar surface area (TPSA) is 64.2 Å². The van der Waals surface area contributed by atoms with E-state index in [0.717, 1.165) is 12.2 Å². The highest BCUT2D eigenvalue weighted by Gasteiger charge is 2.36. The molecule has 5 heteroatoms. The summed E-state index contributed by atoms with van der Waals surface area (Å²) in [7, 11) is 0. The minimum absolute atomic E-state index is 0.0677. The van der Waals surface area contributed by atoms with Gasteiger partial charge < -0.3 is 10.6 Å². The molecule has 1 saturated heterocycles. The minimum atomic E-state index is 0.0677. The van der Waals surface area contributed by atoms with Crippen molar-refractivity contribution in [3.8, 4) is 0 Å². The Bertz CT molecular complexity index is 723. The van der Waals surface area contributed by atoms with Crippen molar-refractivity contribution in [3.05, 3.63) is 53.3 Å². The quantitative estimate of drug-likeness (QED) is 0.910. The monoisotopic (exact) mass is 340 g/mol. The smallest absolute Gasteiger partial charge is 0.272 e. The number of carbonyl (C=O) groups is 1. The Balaban J connectivity index is 1.84. The standard InChI is InChI=1S/C20H28N4O/c1-4-24-19(10-18(22-24)14(2)3)20(25)23-12-16(11-21)17(13-23)15-8-6-5-7-9-15/h5-10,14,16-17H,4,11-13,21H2,1-3H3/t16-,17+/m1/s1. The van der Waals surface area contributed by atoms with Gasteiger partial charge in [0.2, 0.25) is 0 Å². The van der Waals surface area contributed by atoms with E-state index >= 15 is 0 Å². The van der Waals surface area contributed by atoms with Crippen LogP contribution >= 0.6 is 0 Å². The van der Waals surface area contributed by atoms with Crippen LogP contribution in [-0.2, 0) is 6.54 Å². The van der Waals surface area contributed by atoms with Crippen LogP contribution in [0, 0.1) is 5.92 Å². The Kier molecular flexibility index (Phi) is 5.23. The maximum atomic E-state index is 13.1. The van der Waals surface area contributed by atoms with Gasteiger partial charge in [-0.05, 0) is 36.9 Å². The van der Waals surface area contributed by atoms with E-state index in [-0.39, 0.29) is 5.91 Å². The zero-order valence-corrected chi connectivity index (χ0v) is 15.4. The Labute approximate surface area is 149 Å². The predicted molar refractivity (Wildman–Crippen MR) is 99.6 cm³/mol. The summed E-state index contributed by atoms with van der Waals surface area (Å²) in [6.07, 6.45) is 0. The van der Waals surface area contributed by atoms with E-state index in [4.69, 9.17) is 5.73 Å². The molecule has 1 aromatic heterocycles. The maximum absolute atomic E-state index is 13.1. The predicted octanol–water partition coefficient (Wildman–Crippen LogP) is 2.84. The number of likely N-dealkylation sites (tertiary alicyclic amines) is 1. The van der Waals surface area contributed by atoms with E-state index in [2.05, 4.69) is 43.2 Å². The average Bonchev–Trinajstić information content (AvgIpc) is 3.26. The molecule has 0 aliphatic carbocycles. The molecule has 1 aliphatic rings. The largest absolute Gasteiger partial charge is 0.336 e. The Hall–Kier alpha value is -2.14. The molecule has 0 bridgehead atoms. The van der Waals surface area contributed by atoms with Crippen LogP contribution in [0.25, 0.3) is 0 Å². The molecule has 0 radical (unpaired) electrons. The van der Waals surface area contributed by atoms with Crippen molar-refractivity contribution in [1.29, 1.82) is 0 Å². The molecule has 1 aromatic carbocycles. The first-order chi connectivity index (χ1) is 12.0. The summed E-state index contributed by atoms with van der Waals surface area (Å²) in [6.45, 7) is 8.94. The maximum Gasteiger partial charge on any atom is 0.272 e. The number of rotatable bonds is 5. The summed E-state index contributed by atoms with van der Waals surface area (Å²) in [5.74, 6) is 0.983. The van der Waals surface area contributed by atoms with E-state index in [1.54, 1.807) is 0 Å². The number of hydrogen-bond donors (Lipinski definition) is 1. The van der Waals surface area contributed by atoms with E-state index in [1.807, 2.05) is 28.6 Å². The summed E-state index contributed by atoms with van der Waals surface area (Å²) in [5.41, 5.74) is 8.93. The summed E-state index contributed by atoms with van der Waals surface area (Å²) in [4.78, 5) is 15.1. The van der Waals surface area contributed by atoms with Gasteiger partial charge in [0.25, 0.3) is 5.91 Å². The van der Waals surface area contributed by atoms with Crippen molar-refractivity contribution >= 4 is 5.91 Å². The fourth-order valence-electron chi connectivity index (χ4n) is 3.65. The lowest BCUT2D eigenvalue weighted by molar-refractivity contribution is 0.0774. The zero-order valence-electron chi connectivity index (χ0n) is 15.4. The van der Waals surface area contributed by atoms with Gasteiger partial charge in [-0.2, -0.15) is 5.10 Å². The van der Waals surface area contributed by atoms with E-state index in [1.165, 1.54) is 5.56 Å². The van der Waals surface area contributed by atoms with Crippen LogP contribution in [0.4, 0.5) is 0 Å². The third-order valence-electron chi connectivity index (χ3n) is 5.17. The molecule has 1 fully saturated rings. The van der Waals surface area contributed by atoms with Crippen LogP contribution in [0.3, 0.4) is 0 Å². The SMILES string of the molecule is CCn1nc(C(C)C)cc1C(=O)N1C[C@@H](CN)[C@H](c2ccccc2)C1. The van der Waals surface area contributed by atoms with Crippen LogP contribution in [-0.4, -0.2) is 40.2 Å². The fraction of sp³-hybridized carbons (Fsp3) is 0.500. The Morgan fingerprint density at radius 2 is 2.00 bits per heavy atom. The summed E-state index contributed by atoms with van der Waals surface area (Å²) >= 11 is 0. The molecule has 25 heavy (non-hydrogen) atoms. The van der Waals surface area contributed by atoms with Gasteiger partial charge in [0.15, 0.2) is 0 Å². The van der Waals surface area contributed by atoms with Gasteiger partial charge >= 0.3 is 0 Å². The highest BCUT2D eigenvalue weighted by Crippen LogP contribution is 2.33. The number of aromatic nitrogens is 2. The van der Waals surface area contributed by atoms with Crippen LogP contribution in [0.5, 0.6) is 0 Å². The zero-order chi connectivity index (χ0) is 18.0. The molecule has 1 amide bonds. The van der Waals surface area contributed by atoms with Crippen molar-refractivity contribution in [2.45, 2.75) is 39.2 Å². The first-order valence-corrected chi connectivity index (χ1v) is 9.17. The number of nitrogens with zero attached hydrogens (tertiary/aromatic N) is 3. The molecule has 5 nitrogen and oxygen atoms in total. The second-order valence-corrected chi connectivity index (χ2v) is 7.15. The lowest BCUT2D eigenvalue weighted by Gasteiger charge is -2.17. The van der Waals surface area contributed by atoms with E-state index in [9.17, 15) is 4.79 Å². The van der Waals surface area contributed by atoms with Crippen LogP contribution in [0.2, 0.25) is 0 Å². The number of aryl methyl sites for hydroxylation is 1. The van der Waals surface area contributed by atoms with Crippen LogP contribution < -0.4 is 5.73 Å². The molecule has 2 heterocycles. The number of carbonyl (C=O) groups excluding carboxylic acids is 1. The molecule has 2 aromatic rings. The molecule has 1 aliphatic heterocycles. The lowest BCUT2D eigenvalue weighted by Crippen LogP contribution is -2.31. The van der Waals surface area contributed by atoms with Crippen molar-refractivity contribution in [2.24, 2.45) is 11.7 Å². The number of amides is 1. The van der Waals surface area contributed by atoms with Gasteiger partial charge in [-0.1, -0.05) is 44.2 Å². The molecule has 2 atom stereocenters. The van der Waals surface area contributed by atoms with Crippen molar-refractivity contribution in [2.75, 3.05) is 19.6 Å². The third kappa shape index (κ3) is 3.47. The van der Waals surface area contributed by atoms with E-state index in [0.29, 0.717) is 43.1 Å². The summed E-state index contributed by atoms with van der Waals surface area (Å²) in [5, 5.41) is 4.58. The van der Waals surface area contributed by atoms with Gasteiger partial charge in [-0.25, -0.2) is 0 Å². The van der Waals surface area contributed by atoms with Crippen molar-refractivity contribution in [3.63, 3.8) is 0 Å². The third-order valence-corrected chi connectivity index (χ3v) is 5.17. The number of benzene rings is 1. The number of nitrogens with two attached hydrogens (primary N) is 1. The Morgan fingerprint density at radius 3 is 2.60 bits per heavy atom. The first kappa shape index (κ1) is 17.7. The second kappa shape index (κ2) is 7.40. The van der Waals surface area contributed by atoms with Gasteiger partial charge in [-0.15, -0.1) is 0 Å². The van der Waals surface area contributed by atoms with Crippen molar-refractivity contribution < 1.29 is 4.79 Å². The molecule has 2 N–H and O–H groups in total. The molecular formula is C20H28N4O. The van der Waals surface area contributed by atoms with Crippen LogP contribution in [0.1, 0.15) is 54.4 Å². The fourth-order valence-corrected chi connectivity index (χ4v) is 3.65. The number of hydrogen-bond acceptors (Lipinski definition) is 3. The summed E-state index contributed by atoms with van der Waals surface area (Å²) < 4.78 is 1.82. The lowest BCUT2D eigenvalue weighted by atomic mass is 9.89. The van der Waals surface area contributed by atoms with Gasteiger partial charge in [0.1, 0.15) is 5.69 Å². The minimum Gasteiger partial charge on any atom is -0.336 e.